The van der Waals surface area contributed by atoms with Crippen LogP contribution in [-0.2, 0) is 6.54 Å². The van der Waals surface area contributed by atoms with Gasteiger partial charge < -0.3 is 5.73 Å². The highest BCUT2D eigenvalue weighted by Crippen LogP contribution is 2.27. The number of rotatable bonds is 2. The van der Waals surface area contributed by atoms with Crippen molar-refractivity contribution in [3.8, 4) is 11.1 Å². The zero-order valence-corrected chi connectivity index (χ0v) is 9.28. The summed E-state index contributed by atoms with van der Waals surface area (Å²) in [6, 6.07) is 12.5. The van der Waals surface area contributed by atoms with Gasteiger partial charge in [-0.15, -0.1) is 23.7 Å². The maximum atomic E-state index is 5.64. The smallest absolute Gasteiger partial charge is 0.0280 e. The first-order valence-corrected chi connectivity index (χ1v) is 5.11. The van der Waals surface area contributed by atoms with E-state index in [1.807, 2.05) is 18.2 Å². The summed E-state index contributed by atoms with van der Waals surface area (Å²) in [4.78, 5) is 1.26. The normalized spacial score (nSPS) is 9.50. The minimum atomic E-state index is 0. The standard InChI is InChI=1S/C11H11NS.ClH/c12-8-11-10(6-7-13-11)9-4-2-1-3-5-9;/h1-7H,8,12H2;1H. The SMILES string of the molecule is Cl.NCc1sccc1-c1ccccc1. The monoisotopic (exact) mass is 225 g/mol. The first-order valence-electron chi connectivity index (χ1n) is 4.23. The molecule has 0 bridgehead atoms. The first-order chi connectivity index (χ1) is 6.42. The lowest BCUT2D eigenvalue weighted by Gasteiger charge is -2.00. The van der Waals surface area contributed by atoms with Crippen LogP contribution in [0.15, 0.2) is 41.8 Å². The molecule has 0 amide bonds. The van der Waals surface area contributed by atoms with Gasteiger partial charge in [0.2, 0.25) is 0 Å². The van der Waals surface area contributed by atoms with Crippen molar-refractivity contribution in [3.05, 3.63) is 46.7 Å². The van der Waals surface area contributed by atoms with Crippen LogP contribution in [0, 0.1) is 0 Å². The molecule has 2 N–H and O–H groups in total. The highest BCUT2D eigenvalue weighted by Gasteiger charge is 2.03. The minimum absolute atomic E-state index is 0. The van der Waals surface area contributed by atoms with E-state index in [1.165, 1.54) is 16.0 Å². The van der Waals surface area contributed by atoms with Crippen LogP contribution in [0.2, 0.25) is 0 Å². The summed E-state index contributed by atoms with van der Waals surface area (Å²) >= 11 is 1.72. The maximum absolute atomic E-state index is 5.64. The van der Waals surface area contributed by atoms with E-state index in [9.17, 15) is 0 Å². The van der Waals surface area contributed by atoms with Crippen LogP contribution in [0.25, 0.3) is 11.1 Å². The molecule has 0 saturated heterocycles. The Morgan fingerprint density at radius 1 is 1.07 bits per heavy atom. The molecular formula is C11H12ClNS. The lowest BCUT2D eigenvalue weighted by molar-refractivity contribution is 1.11. The molecule has 74 valence electrons. The quantitative estimate of drug-likeness (QED) is 0.834. The van der Waals surface area contributed by atoms with Crippen molar-refractivity contribution < 1.29 is 0 Å². The Kier molecular flexibility index (Phi) is 4.14. The topological polar surface area (TPSA) is 26.0 Å². The molecule has 0 atom stereocenters. The van der Waals surface area contributed by atoms with Gasteiger partial charge >= 0.3 is 0 Å². The summed E-state index contributed by atoms with van der Waals surface area (Å²) < 4.78 is 0. The van der Waals surface area contributed by atoms with Gasteiger partial charge in [0.05, 0.1) is 0 Å². The maximum Gasteiger partial charge on any atom is 0.0280 e. The summed E-state index contributed by atoms with van der Waals surface area (Å²) in [5.41, 5.74) is 8.17. The van der Waals surface area contributed by atoms with Gasteiger partial charge in [-0.25, -0.2) is 0 Å². The Labute approximate surface area is 94.0 Å². The average molecular weight is 226 g/mol. The molecule has 1 aromatic carbocycles. The van der Waals surface area contributed by atoms with E-state index >= 15 is 0 Å². The van der Waals surface area contributed by atoms with Crippen molar-refractivity contribution in [2.45, 2.75) is 6.54 Å². The van der Waals surface area contributed by atoms with E-state index in [-0.39, 0.29) is 12.4 Å². The second-order valence-corrected chi connectivity index (χ2v) is 3.83. The number of hydrogen-bond acceptors (Lipinski definition) is 2. The molecule has 0 unspecified atom stereocenters. The summed E-state index contributed by atoms with van der Waals surface area (Å²) in [6.45, 7) is 0.627. The fourth-order valence-corrected chi connectivity index (χ4v) is 2.15. The fraction of sp³-hybridized carbons (Fsp3) is 0.0909. The number of benzene rings is 1. The third-order valence-electron chi connectivity index (χ3n) is 2.02. The van der Waals surface area contributed by atoms with Crippen LogP contribution in [0.5, 0.6) is 0 Å². The third-order valence-corrected chi connectivity index (χ3v) is 2.96. The van der Waals surface area contributed by atoms with Gasteiger partial charge in [0.25, 0.3) is 0 Å². The number of halogens is 1. The van der Waals surface area contributed by atoms with E-state index in [1.54, 1.807) is 11.3 Å². The van der Waals surface area contributed by atoms with Crippen molar-refractivity contribution in [1.29, 1.82) is 0 Å². The molecule has 1 aromatic heterocycles. The average Bonchev–Trinajstić information content (AvgIpc) is 2.67. The van der Waals surface area contributed by atoms with Crippen molar-refractivity contribution in [3.63, 3.8) is 0 Å². The molecule has 0 aliphatic heterocycles. The zero-order valence-electron chi connectivity index (χ0n) is 7.64. The highest BCUT2D eigenvalue weighted by molar-refractivity contribution is 7.10. The Balaban J connectivity index is 0.000000980. The largest absolute Gasteiger partial charge is 0.326 e. The predicted octanol–water partition coefficient (Wildman–Crippen LogP) is 3.30. The fourth-order valence-electron chi connectivity index (χ4n) is 1.37. The lowest BCUT2D eigenvalue weighted by atomic mass is 10.1. The summed E-state index contributed by atoms with van der Waals surface area (Å²) in [5.74, 6) is 0. The molecule has 0 fully saturated rings. The van der Waals surface area contributed by atoms with E-state index in [2.05, 4.69) is 23.6 Å². The van der Waals surface area contributed by atoms with Crippen LogP contribution in [-0.4, -0.2) is 0 Å². The molecule has 1 nitrogen and oxygen atoms in total. The van der Waals surface area contributed by atoms with E-state index in [0.717, 1.165) is 0 Å². The molecule has 14 heavy (non-hydrogen) atoms. The van der Waals surface area contributed by atoms with Gasteiger partial charge in [-0.1, -0.05) is 30.3 Å². The third kappa shape index (κ3) is 2.15. The van der Waals surface area contributed by atoms with Gasteiger partial charge in [-0.2, -0.15) is 0 Å². The molecule has 1 heterocycles. The van der Waals surface area contributed by atoms with Crippen LogP contribution in [0.1, 0.15) is 4.88 Å². The number of hydrogen-bond donors (Lipinski definition) is 1. The van der Waals surface area contributed by atoms with Crippen LogP contribution in [0.4, 0.5) is 0 Å². The first kappa shape index (κ1) is 11.2. The van der Waals surface area contributed by atoms with Crippen LogP contribution < -0.4 is 5.73 Å². The van der Waals surface area contributed by atoms with E-state index < -0.39 is 0 Å². The van der Waals surface area contributed by atoms with Gasteiger partial charge in [0, 0.05) is 11.4 Å². The minimum Gasteiger partial charge on any atom is -0.326 e. The Hall–Kier alpha value is -0.830. The van der Waals surface area contributed by atoms with Gasteiger partial charge in [0.15, 0.2) is 0 Å². The van der Waals surface area contributed by atoms with Gasteiger partial charge in [0.1, 0.15) is 0 Å². The summed E-state index contributed by atoms with van der Waals surface area (Å²) in [7, 11) is 0. The van der Waals surface area contributed by atoms with Crippen molar-refractivity contribution in [1.82, 2.24) is 0 Å². The Morgan fingerprint density at radius 3 is 2.43 bits per heavy atom. The number of nitrogens with two attached hydrogens (primary N) is 1. The van der Waals surface area contributed by atoms with Gasteiger partial charge in [-0.05, 0) is 22.6 Å². The zero-order chi connectivity index (χ0) is 9.10. The molecule has 3 heteroatoms. The molecule has 0 spiro atoms. The second kappa shape index (κ2) is 5.15. The van der Waals surface area contributed by atoms with E-state index in [0.29, 0.717) is 6.54 Å². The van der Waals surface area contributed by atoms with Crippen molar-refractivity contribution in [2.24, 2.45) is 5.73 Å². The predicted molar refractivity (Wildman–Crippen MR) is 64.9 cm³/mol. The van der Waals surface area contributed by atoms with Crippen LogP contribution in [0.3, 0.4) is 0 Å². The molecule has 0 aliphatic carbocycles. The van der Waals surface area contributed by atoms with E-state index in [4.69, 9.17) is 5.73 Å². The molecule has 0 radical (unpaired) electrons. The van der Waals surface area contributed by atoms with Crippen molar-refractivity contribution in [2.75, 3.05) is 0 Å². The molecule has 0 saturated carbocycles. The summed E-state index contributed by atoms with van der Waals surface area (Å²) in [5, 5.41) is 2.09. The molecule has 2 aromatic rings. The Morgan fingerprint density at radius 2 is 1.79 bits per heavy atom. The van der Waals surface area contributed by atoms with Crippen LogP contribution >= 0.6 is 23.7 Å². The highest BCUT2D eigenvalue weighted by atomic mass is 35.5. The molecule has 2 rings (SSSR count). The molecular weight excluding hydrogens is 214 g/mol. The molecule has 0 aliphatic rings. The Bertz CT molecular complexity index is 383. The lowest BCUT2D eigenvalue weighted by Crippen LogP contribution is -1.94. The van der Waals surface area contributed by atoms with Gasteiger partial charge in [-0.3, -0.25) is 0 Å². The second-order valence-electron chi connectivity index (χ2n) is 2.83. The number of thiophene rings is 1. The van der Waals surface area contributed by atoms with Crippen molar-refractivity contribution >= 4 is 23.7 Å². The summed E-state index contributed by atoms with van der Waals surface area (Å²) in [6.07, 6.45) is 0.